The maximum Gasteiger partial charge on any atom is 0.338 e. The molecule has 0 spiro atoms. The van der Waals surface area contributed by atoms with Crippen molar-refractivity contribution in [3.8, 4) is 0 Å². The molecule has 31 heavy (non-hydrogen) atoms. The molecule has 0 unspecified atom stereocenters. The van der Waals surface area contributed by atoms with E-state index in [9.17, 15) is 9.59 Å². The zero-order valence-corrected chi connectivity index (χ0v) is 19.1. The monoisotopic (exact) mass is 431 g/mol. The lowest BCUT2D eigenvalue weighted by Crippen LogP contribution is -2.28. The van der Waals surface area contributed by atoms with Crippen molar-refractivity contribution in [1.29, 1.82) is 0 Å². The number of rotatable bonds is 10. The molecule has 7 heteroatoms. The summed E-state index contributed by atoms with van der Waals surface area (Å²) in [5, 5.41) is 3.79. The third-order valence-electron chi connectivity index (χ3n) is 5.44. The normalized spacial score (nSPS) is 16.5. The van der Waals surface area contributed by atoms with Crippen molar-refractivity contribution >= 4 is 17.8 Å². The third kappa shape index (κ3) is 10.4. The largest absolute Gasteiger partial charge is 0.460 e. The fourth-order valence-corrected chi connectivity index (χ4v) is 3.94. The Morgan fingerprint density at radius 2 is 1.87 bits per heavy atom. The Morgan fingerprint density at radius 3 is 2.52 bits per heavy atom. The first-order chi connectivity index (χ1) is 14.7. The lowest BCUT2D eigenvalue weighted by Gasteiger charge is -2.23. The fourth-order valence-electron chi connectivity index (χ4n) is 3.94. The van der Waals surface area contributed by atoms with E-state index in [-0.39, 0.29) is 12.3 Å². The van der Waals surface area contributed by atoms with Gasteiger partial charge in [0.25, 0.3) is 0 Å². The molecule has 172 valence electrons. The molecule has 1 heterocycles. The molecule has 1 fully saturated rings. The molecule has 1 aliphatic carbocycles. The van der Waals surface area contributed by atoms with Crippen LogP contribution in [0, 0.1) is 11.8 Å². The highest BCUT2D eigenvalue weighted by molar-refractivity contribution is 5.84. The molecular formula is C24H37N3O4. The number of carbonyl (C=O) groups excluding carboxylic acids is 2. The van der Waals surface area contributed by atoms with Crippen LogP contribution < -0.4 is 5.73 Å². The van der Waals surface area contributed by atoms with Gasteiger partial charge in [-0.3, -0.25) is 9.78 Å². The SMILES string of the molecule is CC(C)(C)OC(=O)C[C@@H](CCCC1CCCCC1)C(=O)ON=C(N)Cc1ccncc1. The lowest BCUT2D eigenvalue weighted by molar-refractivity contribution is -0.161. The molecule has 1 aromatic rings. The van der Waals surface area contributed by atoms with E-state index in [0.29, 0.717) is 12.8 Å². The smallest absolute Gasteiger partial charge is 0.338 e. The minimum absolute atomic E-state index is 0.0133. The van der Waals surface area contributed by atoms with Crippen molar-refractivity contribution in [2.75, 3.05) is 0 Å². The van der Waals surface area contributed by atoms with E-state index in [1.165, 1.54) is 32.1 Å². The molecule has 0 saturated heterocycles. The van der Waals surface area contributed by atoms with Crippen LogP contribution in [0.1, 0.15) is 84.1 Å². The zero-order valence-electron chi connectivity index (χ0n) is 19.1. The number of ether oxygens (including phenoxy) is 1. The van der Waals surface area contributed by atoms with Gasteiger partial charge in [0, 0.05) is 18.8 Å². The topological polar surface area (TPSA) is 104 Å². The van der Waals surface area contributed by atoms with Crippen molar-refractivity contribution in [3.63, 3.8) is 0 Å². The van der Waals surface area contributed by atoms with Crippen LogP contribution in [0.25, 0.3) is 0 Å². The Morgan fingerprint density at radius 1 is 1.19 bits per heavy atom. The summed E-state index contributed by atoms with van der Waals surface area (Å²) < 4.78 is 5.41. The number of esters is 1. The van der Waals surface area contributed by atoms with Gasteiger partial charge in [-0.25, -0.2) is 4.79 Å². The maximum absolute atomic E-state index is 12.7. The molecule has 7 nitrogen and oxygen atoms in total. The standard InChI is InChI=1S/C24H37N3O4/c1-24(2,3)30-22(28)17-20(11-7-10-18-8-5-4-6-9-18)23(29)31-27-21(25)16-19-12-14-26-15-13-19/h12-15,18,20H,4-11,16-17H2,1-3H3,(H2,25,27)/t20-/m1/s1. The van der Waals surface area contributed by atoms with E-state index in [1.807, 2.05) is 32.9 Å². The lowest BCUT2D eigenvalue weighted by atomic mass is 9.84. The van der Waals surface area contributed by atoms with E-state index < -0.39 is 23.5 Å². The first-order valence-corrected chi connectivity index (χ1v) is 11.4. The van der Waals surface area contributed by atoms with Crippen molar-refractivity contribution in [3.05, 3.63) is 30.1 Å². The fraction of sp³-hybridized carbons (Fsp3) is 0.667. The minimum Gasteiger partial charge on any atom is -0.460 e. The molecule has 1 saturated carbocycles. The molecule has 1 atom stereocenters. The van der Waals surface area contributed by atoms with E-state index in [1.54, 1.807) is 12.4 Å². The van der Waals surface area contributed by atoms with Gasteiger partial charge < -0.3 is 15.3 Å². The molecule has 0 aromatic carbocycles. The predicted molar refractivity (Wildman–Crippen MR) is 120 cm³/mol. The molecule has 2 rings (SSSR count). The van der Waals surface area contributed by atoms with E-state index in [4.69, 9.17) is 15.3 Å². The van der Waals surface area contributed by atoms with Gasteiger partial charge in [-0.2, -0.15) is 0 Å². The van der Waals surface area contributed by atoms with Crippen LogP contribution >= 0.6 is 0 Å². The van der Waals surface area contributed by atoms with E-state index in [0.717, 1.165) is 24.3 Å². The third-order valence-corrected chi connectivity index (χ3v) is 5.44. The highest BCUT2D eigenvalue weighted by atomic mass is 16.7. The number of nitrogens with zero attached hydrogens (tertiary/aromatic N) is 2. The van der Waals surface area contributed by atoms with Gasteiger partial charge in [0.2, 0.25) is 0 Å². The number of nitrogens with two attached hydrogens (primary N) is 1. The number of amidine groups is 1. The molecule has 0 bridgehead atoms. The number of hydrogen-bond acceptors (Lipinski definition) is 6. The average molecular weight is 432 g/mol. The summed E-state index contributed by atoms with van der Waals surface area (Å²) >= 11 is 0. The van der Waals surface area contributed by atoms with Gasteiger partial charge >= 0.3 is 11.9 Å². The van der Waals surface area contributed by atoms with Crippen LogP contribution in [0.5, 0.6) is 0 Å². The van der Waals surface area contributed by atoms with Gasteiger partial charge in [0.05, 0.1) is 12.3 Å². The summed E-state index contributed by atoms with van der Waals surface area (Å²) in [6.07, 6.45) is 12.6. The predicted octanol–water partition coefficient (Wildman–Crippen LogP) is 4.54. The van der Waals surface area contributed by atoms with E-state index in [2.05, 4.69) is 10.1 Å². The van der Waals surface area contributed by atoms with E-state index >= 15 is 0 Å². The van der Waals surface area contributed by atoms with Gasteiger partial charge in [-0.15, -0.1) is 0 Å². The van der Waals surface area contributed by atoms with Crippen LogP contribution in [0.4, 0.5) is 0 Å². The van der Waals surface area contributed by atoms with Crippen molar-refractivity contribution in [2.24, 2.45) is 22.7 Å². The number of oxime groups is 1. The highest BCUT2D eigenvalue weighted by Gasteiger charge is 2.27. The average Bonchev–Trinajstić information content (AvgIpc) is 2.71. The second-order valence-electron chi connectivity index (χ2n) is 9.45. The van der Waals surface area contributed by atoms with Crippen LogP contribution in [-0.2, 0) is 25.6 Å². The number of aromatic nitrogens is 1. The summed E-state index contributed by atoms with van der Waals surface area (Å²) in [6.45, 7) is 5.43. The van der Waals surface area contributed by atoms with Crippen LogP contribution in [0.15, 0.2) is 29.7 Å². The quantitative estimate of drug-likeness (QED) is 0.192. The van der Waals surface area contributed by atoms with Crippen LogP contribution in [0.2, 0.25) is 0 Å². The Kier molecular flexibility index (Phi) is 9.95. The Hall–Kier alpha value is -2.44. The Labute approximate surface area is 185 Å². The van der Waals surface area contributed by atoms with Crippen molar-refractivity contribution in [1.82, 2.24) is 4.98 Å². The number of carbonyl (C=O) groups is 2. The molecule has 0 aliphatic heterocycles. The van der Waals surface area contributed by atoms with Crippen molar-refractivity contribution in [2.45, 2.75) is 90.6 Å². The van der Waals surface area contributed by atoms with Crippen LogP contribution in [-0.4, -0.2) is 28.4 Å². The molecule has 1 aliphatic rings. The zero-order chi connectivity index (χ0) is 22.7. The Balaban J connectivity index is 1.91. The molecule has 0 amide bonds. The highest BCUT2D eigenvalue weighted by Crippen LogP contribution is 2.29. The van der Waals surface area contributed by atoms with Crippen LogP contribution in [0.3, 0.4) is 0 Å². The summed E-state index contributed by atoms with van der Waals surface area (Å²) in [4.78, 5) is 34.1. The minimum atomic E-state index is -0.596. The van der Waals surface area contributed by atoms with Gasteiger partial charge in [-0.05, 0) is 50.8 Å². The second kappa shape index (κ2) is 12.4. The first kappa shape index (κ1) is 24.8. The number of pyridine rings is 1. The van der Waals surface area contributed by atoms with Crippen molar-refractivity contribution < 1.29 is 19.2 Å². The molecule has 1 aromatic heterocycles. The second-order valence-corrected chi connectivity index (χ2v) is 9.45. The molecule has 0 radical (unpaired) electrons. The first-order valence-electron chi connectivity index (χ1n) is 11.4. The van der Waals surface area contributed by atoms with Gasteiger partial charge in [-0.1, -0.05) is 50.1 Å². The summed E-state index contributed by atoms with van der Waals surface area (Å²) in [5.74, 6) is -0.609. The van der Waals surface area contributed by atoms with Gasteiger partial charge in [0.1, 0.15) is 11.4 Å². The maximum atomic E-state index is 12.7. The number of hydrogen-bond donors (Lipinski definition) is 1. The summed E-state index contributed by atoms with van der Waals surface area (Å²) in [5.41, 5.74) is 6.22. The van der Waals surface area contributed by atoms with Gasteiger partial charge in [0.15, 0.2) is 0 Å². The summed E-state index contributed by atoms with van der Waals surface area (Å²) in [6, 6.07) is 3.64. The molecular weight excluding hydrogens is 394 g/mol. The Bertz CT molecular complexity index is 722. The summed E-state index contributed by atoms with van der Waals surface area (Å²) in [7, 11) is 0. The molecule has 2 N–H and O–H groups in total.